The molecule has 5 atom stereocenters. The second-order valence-electron chi connectivity index (χ2n) is 9.98. The monoisotopic (exact) mass is 626 g/mol. The molecule has 1 aromatic heterocycles. The fourth-order valence-corrected chi connectivity index (χ4v) is 4.52. The Bertz CT molecular complexity index is 1850. The number of carbonyl (C=O) groups is 1. The number of ether oxygens (including phenoxy) is 3. The summed E-state index contributed by atoms with van der Waals surface area (Å²) in [6.07, 6.45) is -6.85. The largest absolute Gasteiger partial charge is 0.508 e. The van der Waals surface area contributed by atoms with Gasteiger partial charge in [0.15, 0.2) is 28.8 Å². The zero-order valence-electron chi connectivity index (χ0n) is 22.8. The molecule has 1 aliphatic heterocycles. The smallest absolute Gasteiger partial charge is 0.330 e. The summed E-state index contributed by atoms with van der Waals surface area (Å²) >= 11 is 0. The second-order valence-corrected chi connectivity index (χ2v) is 9.98. The van der Waals surface area contributed by atoms with Crippen LogP contribution >= 0.6 is 0 Å². The lowest BCUT2D eigenvalue weighted by atomic mass is 9.99. The van der Waals surface area contributed by atoms with E-state index in [0.29, 0.717) is 5.56 Å². The van der Waals surface area contributed by atoms with Crippen molar-refractivity contribution in [1.29, 1.82) is 0 Å². The second kappa shape index (κ2) is 12.3. The first-order chi connectivity index (χ1) is 21.3. The van der Waals surface area contributed by atoms with E-state index in [2.05, 4.69) is 0 Å². The Morgan fingerprint density at radius 3 is 2.18 bits per heavy atom. The molecular weight excluding hydrogens is 600 g/mol. The number of esters is 1. The van der Waals surface area contributed by atoms with Crippen molar-refractivity contribution in [3.8, 4) is 51.6 Å². The standard InChI is InChI=1S/C30H26O15/c31-14-9-19(36)23-20(10-14)43-28(13-3-5-16(33)18(35)8-13)29(25(23)39)45-30-27(41)26(40)24(38)21(44-30)11-42-22(37)6-2-12-1-4-15(32)17(34)7-12/h1-10,21,24,26-27,30-36,38,40-41H,11H2/b6-2+/t21-,24-,26+,27-,30+/m0/s1. The average molecular weight is 627 g/mol. The first-order valence-corrected chi connectivity index (χ1v) is 13.1. The van der Waals surface area contributed by atoms with Crippen LogP contribution in [-0.2, 0) is 14.3 Å². The topological polar surface area (TPSA) is 257 Å². The van der Waals surface area contributed by atoms with Gasteiger partial charge in [-0.25, -0.2) is 4.79 Å². The zero-order valence-corrected chi connectivity index (χ0v) is 22.8. The minimum absolute atomic E-state index is 0.0350. The Labute approximate surface area is 251 Å². The summed E-state index contributed by atoms with van der Waals surface area (Å²) in [4.78, 5) is 25.8. The first kappa shape index (κ1) is 31.0. The van der Waals surface area contributed by atoms with Crippen molar-refractivity contribution < 1.29 is 69.4 Å². The number of fused-ring (bicyclic) bond motifs is 1. The summed E-state index contributed by atoms with van der Waals surface area (Å²) in [6, 6.07) is 9.02. The summed E-state index contributed by atoms with van der Waals surface area (Å²) < 4.78 is 22.0. The van der Waals surface area contributed by atoms with E-state index in [1.807, 2.05) is 0 Å². The third-order valence-electron chi connectivity index (χ3n) is 6.86. The van der Waals surface area contributed by atoms with E-state index < -0.39 is 94.4 Å². The number of hydrogen-bond donors (Lipinski definition) is 9. The van der Waals surface area contributed by atoms with Crippen molar-refractivity contribution in [1.82, 2.24) is 0 Å². The molecule has 15 heteroatoms. The number of aliphatic hydroxyl groups excluding tert-OH is 3. The molecule has 5 rings (SSSR count). The summed E-state index contributed by atoms with van der Waals surface area (Å²) in [5.41, 5.74) is -1.02. The zero-order chi connectivity index (χ0) is 32.6. The molecule has 0 spiro atoms. The van der Waals surface area contributed by atoms with Crippen LogP contribution in [0.3, 0.4) is 0 Å². The molecule has 2 heterocycles. The van der Waals surface area contributed by atoms with E-state index in [-0.39, 0.29) is 16.9 Å². The Balaban J connectivity index is 1.43. The molecule has 1 saturated heterocycles. The lowest BCUT2D eigenvalue weighted by molar-refractivity contribution is -0.278. The number of phenolic OH excluding ortho intramolecular Hbond substituents is 6. The maximum atomic E-state index is 13.6. The van der Waals surface area contributed by atoms with E-state index in [9.17, 15) is 55.5 Å². The Morgan fingerprint density at radius 1 is 0.800 bits per heavy atom. The number of carbonyl (C=O) groups excluding carboxylic acids is 1. The minimum Gasteiger partial charge on any atom is -0.508 e. The fraction of sp³-hybridized carbons (Fsp3) is 0.200. The lowest BCUT2D eigenvalue weighted by Gasteiger charge is -2.39. The van der Waals surface area contributed by atoms with E-state index in [0.717, 1.165) is 30.3 Å². The summed E-state index contributed by atoms with van der Waals surface area (Å²) in [6.45, 7) is -0.667. The molecule has 0 unspecified atom stereocenters. The lowest BCUT2D eigenvalue weighted by Crippen LogP contribution is -2.60. The molecule has 0 aliphatic carbocycles. The molecule has 45 heavy (non-hydrogen) atoms. The van der Waals surface area contributed by atoms with Crippen LogP contribution in [0.2, 0.25) is 0 Å². The predicted molar refractivity (Wildman–Crippen MR) is 152 cm³/mol. The van der Waals surface area contributed by atoms with Gasteiger partial charge in [0, 0.05) is 23.8 Å². The van der Waals surface area contributed by atoms with Crippen LogP contribution in [0.4, 0.5) is 0 Å². The van der Waals surface area contributed by atoms with Crippen molar-refractivity contribution >= 4 is 23.0 Å². The van der Waals surface area contributed by atoms with Crippen molar-refractivity contribution in [3.63, 3.8) is 0 Å². The van der Waals surface area contributed by atoms with Crippen LogP contribution in [0, 0.1) is 0 Å². The highest BCUT2D eigenvalue weighted by atomic mass is 16.7. The van der Waals surface area contributed by atoms with Crippen LogP contribution in [0.25, 0.3) is 28.4 Å². The van der Waals surface area contributed by atoms with Gasteiger partial charge >= 0.3 is 5.97 Å². The molecule has 0 bridgehead atoms. The van der Waals surface area contributed by atoms with Crippen LogP contribution in [-0.4, -0.2) is 89.2 Å². The third kappa shape index (κ3) is 6.27. The molecule has 15 nitrogen and oxygen atoms in total. The molecular formula is C30H26O15. The molecule has 9 N–H and O–H groups in total. The number of aromatic hydroxyl groups is 6. The fourth-order valence-electron chi connectivity index (χ4n) is 4.52. The van der Waals surface area contributed by atoms with Gasteiger partial charge in [0.1, 0.15) is 53.5 Å². The van der Waals surface area contributed by atoms with Gasteiger partial charge in [-0.3, -0.25) is 4.79 Å². The average Bonchev–Trinajstić information content (AvgIpc) is 2.99. The first-order valence-electron chi connectivity index (χ1n) is 13.1. The van der Waals surface area contributed by atoms with Gasteiger partial charge in [-0.2, -0.15) is 0 Å². The summed E-state index contributed by atoms with van der Waals surface area (Å²) in [5.74, 6) is -5.06. The minimum atomic E-state index is -1.97. The molecule has 1 fully saturated rings. The third-order valence-corrected chi connectivity index (χ3v) is 6.86. The molecule has 0 amide bonds. The van der Waals surface area contributed by atoms with Gasteiger partial charge in [0.2, 0.25) is 17.5 Å². The highest BCUT2D eigenvalue weighted by Gasteiger charge is 2.46. The van der Waals surface area contributed by atoms with Gasteiger partial charge in [-0.05, 0) is 42.0 Å². The number of benzene rings is 3. The molecule has 0 saturated carbocycles. The number of phenols is 6. The van der Waals surface area contributed by atoms with Crippen LogP contribution in [0.15, 0.2) is 63.8 Å². The quantitative estimate of drug-likeness (QED) is 0.0791. The molecule has 3 aromatic carbocycles. The van der Waals surface area contributed by atoms with Crippen molar-refractivity contribution in [2.24, 2.45) is 0 Å². The van der Waals surface area contributed by atoms with Gasteiger partial charge in [0.05, 0.1) is 0 Å². The Morgan fingerprint density at radius 2 is 1.49 bits per heavy atom. The van der Waals surface area contributed by atoms with E-state index in [1.54, 1.807) is 0 Å². The number of rotatable bonds is 7. The van der Waals surface area contributed by atoms with E-state index >= 15 is 0 Å². The summed E-state index contributed by atoms with van der Waals surface area (Å²) in [7, 11) is 0. The van der Waals surface area contributed by atoms with Gasteiger partial charge in [-0.1, -0.05) is 6.07 Å². The maximum absolute atomic E-state index is 13.6. The van der Waals surface area contributed by atoms with E-state index in [1.165, 1.54) is 30.3 Å². The van der Waals surface area contributed by atoms with Crippen LogP contribution in [0.5, 0.6) is 40.2 Å². The predicted octanol–water partition coefficient (Wildman–Crippen LogP) is 1.14. The normalized spacial score (nSPS) is 21.6. The van der Waals surface area contributed by atoms with Crippen molar-refractivity contribution in [3.05, 3.63) is 70.4 Å². The number of aliphatic hydroxyl groups is 3. The summed E-state index contributed by atoms with van der Waals surface area (Å²) in [5, 5.41) is 90.2. The Kier molecular flexibility index (Phi) is 8.43. The highest BCUT2D eigenvalue weighted by molar-refractivity contribution is 5.88. The van der Waals surface area contributed by atoms with Crippen molar-refractivity contribution in [2.45, 2.75) is 30.7 Å². The number of hydrogen-bond acceptors (Lipinski definition) is 15. The van der Waals surface area contributed by atoms with Crippen molar-refractivity contribution in [2.75, 3.05) is 6.61 Å². The van der Waals surface area contributed by atoms with Gasteiger partial charge in [-0.15, -0.1) is 0 Å². The molecule has 0 radical (unpaired) electrons. The highest BCUT2D eigenvalue weighted by Crippen LogP contribution is 2.39. The Hall–Kier alpha value is -5.48. The molecule has 1 aliphatic rings. The van der Waals surface area contributed by atoms with Crippen LogP contribution in [0.1, 0.15) is 5.56 Å². The van der Waals surface area contributed by atoms with Gasteiger partial charge < -0.3 is 64.6 Å². The maximum Gasteiger partial charge on any atom is 0.330 e. The van der Waals surface area contributed by atoms with Crippen LogP contribution < -0.4 is 10.2 Å². The van der Waals surface area contributed by atoms with E-state index in [4.69, 9.17) is 18.6 Å². The van der Waals surface area contributed by atoms with Gasteiger partial charge in [0.25, 0.3) is 0 Å². The molecule has 4 aromatic rings. The SMILES string of the molecule is O=C(/C=C/c1ccc(O)c(O)c1)OC[C@@H]1O[C@H](Oc2c(-c3ccc(O)c(O)c3)oc3cc(O)cc(O)c3c2=O)[C@@H](O)[C@H](O)[C@H]1O. The molecule has 236 valence electrons.